The second-order valence-corrected chi connectivity index (χ2v) is 4.11. The zero-order valence-electron chi connectivity index (χ0n) is 9.42. The summed E-state index contributed by atoms with van der Waals surface area (Å²) in [6, 6.07) is 5.71. The van der Waals surface area contributed by atoms with Gasteiger partial charge in [-0.1, -0.05) is 17.7 Å². The lowest BCUT2D eigenvalue weighted by Gasteiger charge is -2.02. The number of fused-ring (bicyclic) bond motifs is 1. The zero-order valence-corrected chi connectivity index (χ0v) is 10.2. The first-order chi connectivity index (χ1) is 8.20. The lowest BCUT2D eigenvalue weighted by Crippen LogP contribution is -2.25. The molecule has 0 aliphatic carbocycles. The van der Waals surface area contributed by atoms with Crippen molar-refractivity contribution in [3.63, 3.8) is 0 Å². The van der Waals surface area contributed by atoms with Crippen LogP contribution in [-0.4, -0.2) is 24.7 Å². The standard InChI is InChI=1S/C12H13ClN2O2/c1-17-12(16)14-5-4-8-7-15-11-6-9(13)2-3-10(8)11/h2-3,6-7,15H,4-5H2,1H3,(H,14,16). The molecule has 1 heterocycles. The Morgan fingerprint density at radius 3 is 3.12 bits per heavy atom. The van der Waals surface area contributed by atoms with Crippen LogP contribution in [0.2, 0.25) is 5.02 Å². The lowest BCUT2D eigenvalue weighted by molar-refractivity contribution is 0.171. The Labute approximate surface area is 104 Å². The van der Waals surface area contributed by atoms with Crippen LogP contribution >= 0.6 is 11.6 Å². The van der Waals surface area contributed by atoms with Crippen molar-refractivity contribution in [2.75, 3.05) is 13.7 Å². The number of hydrogen-bond acceptors (Lipinski definition) is 2. The second kappa shape index (κ2) is 5.10. The molecule has 2 rings (SSSR count). The number of methoxy groups -OCH3 is 1. The quantitative estimate of drug-likeness (QED) is 0.883. The maximum Gasteiger partial charge on any atom is 0.406 e. The van der Waals surface area contributed by atoms with Gasteiger partial charge >= 0.3 is 6.09 Å². The fourth-order valence-corrected chi connectivity index (χ4v) is 1.91. The van der Waals surface area contributed by atoms with Crippen molar-refractivity contribution in [2.45, 2.75) is 6.42 Å². The van der Waals surface area contributed by atoms with Gasteiger partial charge in [-0.05, 0) is 24.1 Å². The Balaban J connectivity index is 2.06. The second-order valence-electron chi connectivity index (χ2n) is 3.67. The monoisotopic (exact) mass is 252 g/mol. The van der Waals surface area contributed by atoms with Gasteiger partial charge in [-0.2, -0.15) is 0 Å². The Kier molecular flexibility index (Phi) is 3.54. The molecular formula is C12H13ClN2O2. The van der Waals surface area contributed by atoms with Gasteiger partial charge in [0.05, 0.1) is 7.11 Å². The highest BCUT2D eigenvalue weighted by molar-refractivity contribution is 6.31. The first-order valence-corrected chi connectivity index (χ1v) is 5.66. The van der Waals surface area contributed by atoms with Crippen LogP contribution in [0.4, 0.5) is 4.79 Å². The third-order valence-corrected chi connectivity index (χ3v) is 2.81. The number of H-pyrrole nitrogens is 1. The summed E-state index contributed by atoms with van der Waals surface area (Å²) in [5.74, 6) is 0. The lowest BCUT2D eigenvalue weighted by atomic mass is 10.1. The summed E-state index contributed by atoms with van der Waals surface area (Å²) in [6.07, 6.45) is 2.27. The molecule has 5 heteroatoms. The topological polar surface area (TPSA) is 54.1 Å². The molecule has 0 atom stereocenters. The van der Waals surface area contributed by atoms with Gasteiger partial charge in [0, 0.05) is 28.7 Å². The molecule has 1 aromatic carbocycles. The Morgan fingerprint density at radius 2 is 2.35 bits per heavy atom. The molecule has 0 saturated carbocycles. The number of carbonyl (C=O) groups is 1. The summed E-state index contributed by atoms with van der Waals surface area (Å²) in [5.41, 5.74) is 2.15. The predicted molar refractivity (Wildman–Crippen MR) is 67.4 cm³/mol. The number of aromatic amines is 1. The van der Waals surface area contributed by atoms with Crippen LogP contribution in [0.5, 0.6) is 0 Å². The minimum atomic E-state index is -0.409. The molecule has 0 radical (unpaired) electrons. The predicted octanol–water partition coefficient (Wildman–Crippen LogP) is 2.72. The Bertz CT molecular complexity index is 536. The van der Waals surface area contributed by atoms with Crippen LogP contribution in [0.25, 0.3) is 10.9 Å². The number of amides is 1. The van der Waals surface area contributed by atoms with E-state index in [1.807, 2.05) is 24.4 Å². The molecule has 2 aromatic rings. The van der Waals surface area contributed by atoms with Gasteiger partial charge in [-0.15, -0.1) is 0 Å². The number of alkyl carbamates (subject to hydrolysis) is 1. The van der Waals surface area contributed by atoms with E-state index < -0.39 is 6.09 Å². The largest absolute Gasteiger partial charge is 0.453 e. The number of nitrogens with one attached hydrogen (secondary N) is 2. The van der Waals surface area contributed by atoms with Gasteiger partial charge in [0.2, 0.25) is 0 Å². The van der Waals surface area contributed by atoms with Gasteiger partial charge in [-0.3, -0.25) is 0 Å². The van der Waals surface area contributed by atoms with Gasteiger partial charge in [0.25, 0.3) is 0 Å². The molecule has 0 saturated heterocycles. The third kappa shape index (κ3) is 2.71. The number of rotatable bonds is 3. The summed E-state index contributed by atoms with van der Waals surface area (Å²) in [5, 5.41) is 4.48. The summed E-state index contributed by atoms with van der Waals surface area (Å²) in [7, 11) is 1.35. The maximum absolute atomic E-state index is 10.9. The van der Waals surface area contributed by atoms with E-state index in [-0.39, 0.29) is 0 Å². The number of ether oxygens (including phenoxy) is 1. The number of benzene rings is 1. The number of carbonyl (C=O) groups excluding carboxylic acids is 1. The van der Waals surface area contributed by atoms with E-state index in [1.54, 1.807) is 0 Å². The molecule has 17 heavy (non-hydrogen) atoms. The average Bonchev–Trinajstić information content (AvgIpc) is 2.71. The molecule has 0 unspecified atom stereocenters. The fourth-order valence-electron chi connectivity index (χ4n) is 1.74. The van der Waals surface area contributed by atoms with Gasteiger partial charge in [0.15, 0.2) is 0 Å². The molecular weight excluding hydrogens is 240 g/mol. The highest BCUT2D eigenvalue weighted by Gasteiger charge is 2.04. The molecule has 2 N–H and O–H groups in total. The van der Waals surface area contributed by atoms with E-state index >= 15 is 0 Å². The summed E-state index contributed by atoms with van der Waals surface area (Å²) in [4.78, 5) is 14.0. The van der Waals surface area contributed by atoms with Gasteiger partial charge in [-0.25, -0.2) is 4.79 Å². The Morgan fingerprint density at radius 1 is 1.53 bits per heavy atom. The minimum absolute atomic E-state index is 0.409. The van der Waals surface area contributed by atoms with Crippen molar-refractivity contribution in [3.05, 3.63) is 35.0 Å². The van der Waals surface area contributed by atoms with Crippen molar-refractivity contribution in [3.8, 4) is 0 Å². The van der Waals surface area contributed by atoms with Crippen molar-refractivity contribution in [1.82, 2.24) is 10.3 Å². The molecule has 1 aromatic heterocycles. The smallest absolute Gasteiger partial charge is 0.406 e. The highest BCUT2D eigenvalue weighted by atomic mass is 35.5. The number of aromatic nitrogens is 1. The van der Waals surface area contributed by atoms with Gasteiger partial charge < -0.3 is 15.0 Å². The van der Waals surface area contributed by atoms with Crippen LogP contribution in [0, 0.1) is 0 Å². The van der Waals surface area contributed by atoms with Gasteiger partial charge in [0.1, 0.15) is 0 Å². The van der Waals surface area contributed by atoms with E-state index in [0.717, 1.165) is 22.9 Å². The van der Waals surface area contributed by atoms with Crippen molar-refractivity contribution in [1.29, 1.82) is 0 Å². The van der Waals surface area contributed by atoms with Crippen LogP contribution in [0.15, 0.2) is 24.4 Å². The zero-order chi connectivity index (χ0) is 12.3. The van der Waals surface area contributed by atoms with Crippen LogP contribution < -0.4 is 5.32 Å². The molecule has 0 bridgehead atoms. The normalized spacial score (nSPS) is 10.5. The molecule has 90 valence electrons. The number of halogens is 1. The minimum Gasteiger partial charge on any atom is -0.453 e. The van der Waals surface area contributed by atoms with Crippen LogP contribution in [0.3, 0.4) is 0 Å². The van der Waals surface area contributed by atoms with Crippen molar-refractivity contribution >= 4 is 28.6 Å². The summed E-state index contributed by atoms with van der Waals surface area (Å²) < 4.78 is 4.50. The van der Waals surface area contributed by atoms with E-state index in [0.29, 0.717) is 11.6 Å². The molecule has 0 fully saturated rings. The molecule has 1 amide bonds. The molecule has 0 aliphatic rings. The van der Waals surface area contributed by atoms with E-state index in [4.69, 9.17) is 11.6 Å². The first-order valence-electron chi connectivity index (χ1n) is 5.28. The van der Waals surface area contributed by atoms with E-state index in [9.17, 15) is 4.79 Å². The summed E-state index contributed by atoms with van der Waals surface area (Å²) in [6.45, 7) is 0.544. The van der Waals surface area contributed by atoms with Crippen molar-refractivity contribution < 1.29 is 9.53 Å². The SMILES string of the molecule is COC(=O)NCCc1c[nH]c2cc(Cl)ccc12. The molecule has 0 spiro atoms. The maximum atomic E-state index is 10.9. The van der Waals surface area contributed by atoms with E-state index in [1.165, 1.54) is 7.11 Å². The first kappa shape index (κ1) is 11.8. The fraction of sp³-hybridized carbons (Fsp3) is 0.250. The van der Waals surface area contributed by atoms with Crippen molar-refractivity contribution in [2.24, 2.45) is 0 Å². The molecule has 4 nitrogen and oxygen atoms in total. The van der Waals surface area contributed by atoms with Crippen LogP contribution in [-0.2, 0) is 11.2 Å². The van der Waals surface area contributed by atoms with Crippen LogP contribution in [0.1, 0.15) is 5.56 Å². The summed E-state index contributed by atoms with van der Waals surface area (Å²) >= 11 is 5.90. The van der Waals surface area contributed by atoms with E-state index in [2.05, 4.69) is 15.0 Å². The number of hydrogen-bond donors (Lipinski definition) is 2. The third-order valence-electron chi connectivity index (χ3n) is 2.58. The average molecular weight is 253 g/mol. The Hall–Kier alpha value is -1.68. The highest BCUT2D eigenvalue weighted by Crippen LogP contribution is 2.22. The molecule has 0 aliphatic heterocycles.